The van der Waals surface area contributed by atoms with Crippen LogP contribution in [0.5, 0.6) is 0 Å². The lowest BCUT2D eigenvalue weighted by molar-refractivity contribution is -0.0321. The van der Waals surface area contributed by atoms with Crippen LogP contribution >= 0.6 is 0 Å². The van der Waals surface area contributed by atoms with Crippen molar-refractivity contribution in [3.63, 3.8) is 0 Å². The van der Waals surface area contributed by atoms with Gasteiger partial charge in [-0.25, -0.2) is 0 Å². The molecule has 96 valence electrons. The molecule has 4 nitrogen and oxygen atoms in total. The molecule has 0 bridgehead atoms. The topological polar surface area (TPSA) is 47.3 Å². The second kappa shape index (κ2) is 5.65. The van der Waals surface area contributed by atoms with Crippen LogP contribution in [0.15, 0.2) is 12.4 Å². The minimum atomic E-state index is -0.214. The molecule has 0 saturated carbocycles. The van der Waals surface area contributed by atoms with Gasteiger partial charge in [-0.2, -0.15) is 5.10 Å². The highest BCUT2D eigenvalue weighted by atomic mass is 16.5. The number of aliphatic hydroxyl groups excluding tert-OH is 1. The van der Waals surface area contributed by atoms with Crippen molar-refractivity contribution >= 4 is 0 Å². The summed E-state index contributed by atoms with van der Waals surface area (Å²) in [6, 6.07) is 0. The predicted molar refractivity (Wildman–Crippen MR) is 65.6 cm³/mol. The summed E-state index contributed by atoms with van der Waals surface area (Å²) < 4.78 is 7.21. The number of rotatable bonds is 4. The molecule has 2 heterocycles. The van der Waals surface area contributed by atoms with Gasteiger partial charge in [-0.3, -0.25) is 4.68 Å². The third-order valence-electron chi connectivity index (χ3n) is 3.69. The Labute approximate surface area is 103 Å². The minimum absolute atomic E-state index is 0.214. The average molecular weight is 238 g/mol. The van der Waals surface area contributed by atoms with Crippen LogP contribution in [0.2, 0.25) is 0 Å². The zero-order valence-electron chi connectivity index (χ0n) is 10.7. The number of aryl methyl sites for hydroxylation is 2. The third-order valence-corrected chi connectivity index (χ3v) is 3.69. The average Bonchev–Trinajstić information content (AvgIpc) is 2.73. The van der Waals surface area contributed by atoms with E-state index in [0.717, 1.165) is 32.5 Å². The number of aromatic nitrogens is 2. The fourth-order valence-corrected chi connectivity index (χ4v) is 2.60. The number of hydrogen-bond acceptors (Lipinski definition) is 3. The van der Waals surface area contributed by atoms with Gasteiger partial charge < -0.3 is 9.84 Å². The summed E-state index contributed by atoms with van der Waals surface area (Å²) >= 11 is 0. The van der Waals surface area contributed by atoms with Crippen molar-refractivity contribution in [3.05, 3.63) is 18.0 Å². The molecule has 0 aliphatic carbocycles. The van der Waals surface area contributed by atoms with Crippen LogP contribution in [0.3, 0.4) is 0 Å². The number of ether oxygens (including phenoxy) is 1. The van der Waals surface area contributed by atoms with E-state index < -0.39 is 0 Å². The highest BCUT2D eigenvalue weighted by Gasteiger charge is 2.28. The molecule has 1 fully saturated rings. The van der Waals surface area contributed by atoms with E-state index in [0.29, 0.717) is 11.8 Å². The first kappa shape index (κ1) is 12.6. The summed E-state index contributed by atoms with van der Waals surface area (Å²) in [5.41, 5.74) is 1.20. The highest BCUT2D eigenvalue weighted by molar-refractivity contribution is 5.03. The maximum Gasteiger partial charge on any atom is 0.0575 e. The van der Waals surface area contributed by atoms with E-state index >= 15 is 0 Å². The van der Waals surface area contributed by atoms with Gasteiger partial charge >= 0.3 is 0 Å². The van der Waals surface area contributed by atoms with Gasteiger partial charge in [-0.05, 0) is 36.7 Å². The quantitative estimate of drug-likeness (QED) is 0.862. The lowest BCUT2D eigenvalue weighted by atomic mass is 9.83. The van der Waals surface area contributed by atoms with Crippen LogP contribution in [-0.4, -0.2) is 34.2 Å². The Morgan fingerprint density at radius 3 is 3.12 bits per heavy atom. The molecule has 4 heteroatoms. The molecule has 17 heavy (non-hydrogen) atoms. The molecule has 1 aromatic heterocycles. The van der Waals surface area contributed by atoms with Crippen LogP contribution in [-0.2, 0) is 18.2 Å². The number of aliphatic hydroxyl groups is 1. The van der Waals surface area contributed by atoms with Crippen molar-refractivity contribution in [2.45, 2.75) is 32.3 Å². The Bertz CT molecular complexity index is 351. The smallest absolute Gasteiger partial charge is 0.0575 e. The molecule has 1 aliphatic rings. The van der Waals surface area contributed by atoms with Crippen molar-refractivity contribution in [1.29, 1.82) is 0 Å². The number of nitrogens with zero attached hydrogens (tertiary/aromatic N) is 2. The van der Waals surface area contributed by atoms with Gasteiger partial charge in [0.2, 0.25) is 0 Å². The van der Waals surface area contributed by atoms with E-state index in [1.165, 1.54) is 5.56 Å². The first-order valence-electron chi connectivity index (χ1n) is 6.40. The van der Waals surface area contributed by atoms with Crippen LogP contribution in [0.4, 0.5) is 0 Å². The molecule has 2 rings (SSSR count). The number of hydrogen-bond donors (Lipinski definition) is 1. The normalized spacial score (nSPS) is 27.0. The Kier molecular flexibility index (Phi) is 4.18. The lowest BCUT2D eigenvalue weighted by Gasteiger charge is -2.32. The molecule has 1 aromatic rings. The monoisotopic (exact) mass is 238 g/mol. The summed E-state index contributed by atoms with van der Waals surface area (Å²) in [4.78, 5) is 0. The summed E-state index contributed by atoms with van der Waals surface area (Å²) in [5, 5.41) is 14.4. The van der Waals surface area contributed by atoms with Gasteiger partial charge in [0.25, 0.3) is 0 Å². The third kappa shape index (κ3) is 3.30. The summed E-state index contributed by atoms with van der Waals surface area (Å²) in [5.74, 6) is 0.855. The van der Waals surface area contributed by atoms with Crippen molar-refractivity contribution in [2.75, 3.05) is 13.2 Å². The Hall–Kier alpha value is -0.870. The van der Waals surface area contributed by atoms with E-state index in [1.54, 1.807) is 4.68 Å². The van der Waals surface area contributed by atoms with Gasteiger partial charge in [0.1, 0.15) is 0 Å². The van der Waals surface area contributed by atoms with Crippen molar-refractivity contribution in [2.24, 2.45) is 18.9 Å². The van der Waals surface area contributed by atoms with E-state index in [1.807, 2.05) is 19.4 Å². The zero-order valence-corrected chi connectivity index (χ0v) is 10.7. The SMILES string of the molecule is CC1COCCC1C(O)CCc1cnn(C)c1. The standard InChI is InChI=1S/C13H22N2O2/c1-10-9-17-6-5-12(10)13(16)4-3-11-7-14-15(2)8-11/h7-8,10,12-13,16H,3-6,9H2,1-2H3. The van der Waals surface area contributed by atoms with E-state index in [9.17, 15) is 5.11 Å². The minimum Gasteiger partial charge on any atom is -0.393 e. The van der Waals surface area contributed by atoms with Gasteiger partial charge in [0, 0.05) is 26.5 Å². The molecular weight excluding hydrogens is 216 g/mol. The van der Waals surface area contributed by atoms with Crippen LogP contribution < -0.4 is 0 Å². The highest BCUT2D eigenvalue weighted by Crippen LogP contribution is 2.26. The van der Waals surface area contributed by atoms with Crippen molar-refractivity contribution in [1.82, 2.24) is 9.78 Å². The van der Waals surface area contributed by atoms with Gasteiger partial charge in [-0.1, -0.05) is 6.92 Å². The van der Waals surface area contributed by atoms with Gasteiger partial charge in [-0.15, -0.1) is 0 Å². The second-order valence-corrected chi connectivity index (χ2v) is 5.13. The Morgan fingerprint density at radius 1 is 1.65 bits per heavy atom. The first-order chi connectivity index (χ1) is 8.16. The molecule has 0 aromatic carbocycles. The molecule has 1 saturated heterocycles. The molecule has 0 spiro atoms. The molecular formula is C13H22N2O2. The fourth-order valence-electron chi connectivity index (χ4n) is 2.60. The van der Waals surface area contributed by atoms with Crippen LogP contribution in [0.25, 0.3) is 0 Å². The van der Waals surface area contributed by atoms with Crippen LogP contribution in [0.1, 0.15) is 25.3 Å². The fraction of sp³-hybridized carbons (Fsp3) is 0.769. The maximum absolute atomic E-state index is 10.2. The lowest BCUT2D eigenvalue weighted by Crippen LogP contribution is -2.34. The molecule has 0 radical (unpaired) electrons. The molecule has 1 N–H and O–H groups in total. The summed E-state index contributed by atoms with van der Waals surface area (Å²) in [6.45, 7) is 3.74. The van der Waals surface area contributed by atoms with E-state index in [4.69, 9.17) is 4.74 Å². The Morgan fingerprint density at radius 2 is 2.47 bits per heavy atom. The van der Waals surface area contributed by atoms with E-state index in [2.05, 4.69) is 12.0 Å². The molecule has 0 amide bonds. The van der Waals surface area contributed by atoms with Gasteiger partial charge in [0.05, 0.1) is 12.3 Å². The van der Waals surface area contributed by atoms with Crippen molar-refractivity contribution < 1.29 is 9.84 Å². The zero-order chi connectivity index (χ0) is 12.3. The van der Waals surface area contributed by atoms with Gasteiger partial charge in [0.15, 0.2) is 0 Å². The second-order valence-electron chi connectivity index (χ2n) is 5.13. The maximum atomic E-state index is 10.2. The Balaban J connectivity index is 1.82. The molecule has 3 unspecified atom stereocenters. The summed E-state index contributed by atoms with van der Waals surface area (Å²) in [7, 11) is 1.92. The van der Waals surface area contributed by atoms with E-state index in [-0.39, 0.29) is 6.10 Å². The van der Waals surface area contributed by atoms with Crippen molar-refractivity contribution in [3.8, 4) is 0 Å². The molecule has 3 atom stereocenters. The first-order valence-corrected chi connectivity index (χ1v) is 6.40. The largest absolute Gasteiger partial charge is 0.393 e. The van der Waals surface area contributed by atoms with Crippen LogP contribution in [0, 0.1) is 11.8 Å². The molecule has 1 aliphatic heterocycles. The summed E-state index contributed by atoms with van der Waals surface area (Å²) in [6.07, 6.45) is 6.38. The predicted octanol–water partition coefficient (Wildman–Crippen LogP) is 1.39.